The molecule has 33 heavy (non-hydrogen) atoms. The van der Waals surface area contributed by atoms with E-state index in [2.05, 4.69) is 9.69 Å². The van der Waals surface area contributed by atoms with Gasteiger partial charge in [-0.3, -0.25) is 14.5 Å². The Balaban J connectivity index is 1.85. The van der Waals surface area contributed by atoms with E-state index in [9.17, 15) is 9.59 Å². The molecule has 172 valence electrons. The van der Waals surface area contributed by atoms with Crippen molar-refractivity contribution >= 4 is 52.2 Å². The van der Waals surface area contributed by atoms with Gasteiger partial charge in [-0.25, -0.2) is 4.39 Å². The van der Waals surface area contributed by atoms with Crippen molar-refractivity contribution < 1.29 is 14.0 Å². The molecule has 0 saturated heterocycles. The first-order valence-corrected chi connectivity index (χ1v) is 12.2. The maximum atomic E-state index is 15.0. The highest BCUT2D eigenvalue weighted by Gasteiger charge is 2.37. The van der Waals surface area contributed by atoms with E-state index in [0.29, 0.717) is 5.56 Å². The van der Waals surface area contributed by atoms with Crippen LogP contribution in [0.5, 0.6) is 0 Å². The van der Waals surface area contributed by atoms with Gasteiger partial charge in [-0.1, -0.05) is 78.0 Å². The molecule has 1 aliphatic rings. The van der Waals surface area contributed by atoms with Crippen molar-refractivity contribution in [1.82, 2.24) is 9.69 Å². The number of aryl methyl sites for hydroxylation is 1. The zero-order valence-electron chi connectivity index (χ0n) is 17.9. The number of hydrogen-bond acceptors (Lipinski definition) is 4. The number of halogens is 3. The predicted octanol–water partition coefficient (Wildman–Crippen LogP) is 6.34. The SMILES string of the molecule is Cc1ccc([C@H](C(=O)NC2CCCC2)N(C(=O)c2nsc(Cl)c2Cl)c2ccccc2F)cc1. The van der Waals surface area contributed by atoms with Gasteiger partial charge < -0.3 is 5.32 Å². The van der Waals surface area contributed by atoms with Gasteiger partial charge in [0, 0.05) is 6.04 Å². The Morgan fingerprint density at radius 2 is 1.79 bits per heavy atom. The maximum Gasteiger partial charge on any atom is 0.280 e. The molecule has 1 N–H and O–H groups in total. The first kappa shape index (κ1) is 23.7. The minimum atomic E-state index is -1.13. The molecule has 0 spiro atoms. The van der Waals surface area contributed by atoms with E-state index in [4.69, 9.17) is 23.2 Å². The second-order valence-electron chi connectivity index (χ2n) is 8.05. The predicted molar refractivity (Wildman–Crippen MR) is 130 cm³/mol. The molecule has 1 aliphatic carbocycles. The molecule has 2 amide bonds. The molecule has 0 bridgehead atoms. The molecule has 2 aromatic carbocycles. The van der Waals surface area contributed by atoms with Crippen molar-refractivity contribution in [3.63, 3.8) is 0 Å². The highest BCUT2D eigenvalue weighted by molar-refractivity contribution is 7.11. The Morgan fingerprint density at radius 1 is 1.12 bits per heavy atom. The molecule has 0 unspecified atom stereocenters. The van der Waals surface area contributed by atoms with E-state index < -0.39 is 17.8 Å². The lowest BCUT2D eigenvalue weighted by molar-refractivity contribution is -0.123. The van der Waals surface area contributed by atoms with E-state index in [-0.39, 0.29) is 32.7 Å². The fraction of sp³-hybridized carbons (Fsp3) is 0.292. The maximum absolute atomic E-state index is 15.0. The second kappa shape index (κ2) is 10.2. The fourth-order valence-electron chi connectivity index (χ4n) is 4.04. The number of nitrogens with zero attached hydrogens (tertiary/aromatic N) is 2. The third kappa shape index (κ3) is 5.05. The van der Waals surface area contributed by atoms with Crippen molar-refractivity contribution in [2.45, 2.75) is 44.7 Å². The minimum absolute atomic E-state index is 0.0142. The number of anilines is 1. The first-order chi connectivity index (χ1) is 15.9. The third-order valence-corrected chi connectivity index (χ3v) is 7.34. The van der Waals surface area contributed by atoms with Crippen LogP contribution in [0, 0.1) is 12.7 Å². The van der Waals surface area contributed by atoms with Crippen molar-refractivity contribution in [3.05, 3.63) is 80.5 Å². The van der Waals surface area contributed by atoms with Crippen LogP contribution >= 0.6 is 34.7 Å². The molecule has 5 nitrogen and oxygen atoms in total. The molecule has 0 aliphatic heterocycles. The van der Waals surface area contributed by atoms with E-state index in [1.807, 2.05) is 19.1 Å². The van der Waals surface area contributed by atoms with E-state index in [0.717, 1.165) is 47.7 Å². The molecule has 9 heteroatoms. The number of carbonyl (C=O) groups excluding carboxylic acids is 2. The van der Waals surface area contributed by atoms with Crippen LogP contribution in [0.15, 0.2) is 48.5 Å². The zero-order valence-corrected chi connectivity index (χ0v) is 20.2. The Kier molecular flexibility index (Phi) is 7.32. The summed E-state index contributed by atoms with van der Waals surface area (Å²) in [4.78, 5) is 28.5. The Bertz CT molecular complexity index is 1160. The lowest BCUT2D eigenvalue weighted by Crippen LogP contribution is -2.46. The fourth-order valence-corrected chi connectivity index (χ4v) is 5.02. The molecule has 1 atom stereocenters. The van der Waals surface area contributed by atoms with Gasteiger partial charge in [-0.15, -0.1) is 0 Å². The quantitative estimate of drug-likeness (QED) is 0.424. The highest BCUT2D eigenvalue weighted by atomic mass is 35.5. The van der Waals surface area contributed by atoms with Crippen molar-refractivity contribution in [3.8, 4) is 0 Å². The number of benzene rings is 2. The van der Waals surface area contributed by atoms with Gasteiger partial charge >= 0.3 is 0 Å². The number of nitrogens with one attached hydrogen (secondary N) is 1. The third-order valence-electron chi connectivity index (χ3n) is 5.73. The lowest BCUT2D eigenvalue weighted by atomic mass is 10.0. The number of aromatic nitrogens is 1. The summed E-state index contributed by atoms with van der Waals surface area (Å²) < 4.78 is 19.3. The standard InChI is InChI=1S/C24H22Cl2FN3O2S/c1-14-10-12-15(13-11-14)21(23(31)28-16-6-2-3-7-16)30(18-9-5-4-8-17(18)27)24(32)20-19(25)22(26)33-29-20/h4-5,8-13,16,21H,2-3,6-7H2,1H3,(H,28,31)/t21-/m1/s1. The summed E-state index contributed by atoms with van der Waals surface area (Å²) in [5.74, 6) is -1.74. The van der Waals surface area contributed by atoms with Crippen LogP contribution in [-0.2, 0) is 4.79 Å². The Hall–Kier alpha value is -2.48. The van der Waals surface area contributed by atoms with Crippen LogP contribution in [0.25, 0.3) is 0 Å². The molecule has 1 heterocycles. The number of hydrogen-bond donors (Lipinski definition) is 1. The van der Waals surface area contributed by atoms with Crippen LogP contribution < -0.4 is 10.2 Å². The molecule has 3 aromatic rings. The van der Waals surface area contributed by atoms with Gasteiger partial charge in [-0.2, -0.15) is 4.37 Å². The smallest absolute Gasteiger partial charge is 0.280 e. The van der Waals surface area contributed by atoms with Crippen LogP contribution in [-0.4, -0.2) is 22.2 Å². The zero-order chi connectivity index (χ0) is 23.5. The summed E-state index contributed by atoms with van der Waals surface area (Å²) in [6, 6.07) is 11.9. The second-order valence-corrected chi connectivity index (χ2v) is 9.80. The topological polar surface area (TPSA) is 62.3 Å². The Morgan fingerprint density at radius 3 is 2.39 bits per heavy atom. The highest BCUT2D eigenvalue weighted by Crippen LogP contribution is 2.36. The Labute approximate surface area is 205 Å². The van der Waals surface area contributed by atoms with Crippen LogP contribution in [0.1, 0.15) is 53.3 Å². The van der Waals surface area contributed by atoms with Crippen LogP contribution in [0.4, 0.5) is 10.1 Å². The van der Waals surface area contributed by atoms with E-state index >= 15 is 4.39 Å². The van der Waals surface area contributed by atoms with Gasteiger partial charge in [0.05, 0.1) is 5.69 Å². The molecule has 4 rings (SSSR count). The minimum Gasteiger partial charge on any atom is -0.351 e. The molecule has 1 aromatic heterocycles. The number of amides is 2. The molecular weight excluding hydrogens is 484 g/mol. The summed E-state index contributed by atoms with van der Waals surface area (Å²) in [7, 11) is 0. The number of para-hydroxylation sites is 1. The van der Waals surface area contributed by atoms with Crippen LogP contribution in [0.3, 0.4) is 0 Å². The largest absolute Gasteiger partial charge is 0.351 e. The average molecular weight is 506 g/mol. The average Bonchev–Trinajstić information content (AvgIpc) is 3.43. The molecule has 1 saturated carbocycles. The monoisotopic (exact) mass is 505 g/mol. The molecular formula is C24H22Cl2FN3O2S. The molecule has 0 radical (unpaired) electrons. The van der Waals surface area contributed by atoms with Crippen molar-refractivity contribution in [2.75, 3.05) is 4.90 Å². The lowest BCUT2D eigenvalue weighted by Gasteiger charge is -2.32. The number of carbonyl (C=O) groups is 2. The van der Waals surface area contributed by atoms with Crippen LogP contribution in [0.2, 0.25) is 9.36 Å². The van der Waals surface area contributed by atoms with E-state index in [1.54, 1.807) is 18.2 Å². The summed E-state index contributed by atoms with van der Waals surface area (Å²) in [5.41, 5.74) is 1.37. The van der Waals surface area contributed by atoms with Crippen molar-refractivity contribution in [1.29, 1.82) is 0 Å². The summed E-state index contributed by atoms with van der Waals surface area (Å²) in [6.45, 7) is 1.92. The summed E-state index contributed by atoms with van der Waals surface area (Å²) in [6.07, 6.45) is 3.80. The van der Waals surface area contributed by atoms with E-state index in [1.165, 1.54) is 18.2 Å². The van der Waals surface area contributed by atoms with Gasteiger partial charge in [0.15, 0.2) is 5.69 Å². The summed E-state index contributed by atoms with van der Waals surface area (Å²) >= 11 is 13.1. The number of rotatable bonds is 6. The van der Waals surface area contributed by atoms with Gasteiger partial charge in [0.2, 0.25) is 5.91 Å². The first-order valence-electron chi connectivity index (χ1n) is 10.6. The van der Waals surface area contributed by atoms with Gasteiger partial charge in [0.25, 0.3) is 5.91 Å². The summed E-state index contributed by atoms with van der Waals surface area (Å²) in [5, 5.41) is 3.03. The van der Waals surface area contributed by atoms with Gasteiger partial charge in [-0.05, 0) is 49.0 Å². The molecule has 1 fully saturated rings. The van der Waals surface area contributed by atoms with Crippen molar-refractivity contribution in [2.24, 2.45) is 0 Å². The van der Waals surface area contributed by atoms with Gasteiger partial charge in [0.1, 0.15) is 21.2 Å². The normalized spacial score (nSPS) is 14.8.